The zero-order valence-electron chi connectivity index (χ0n) is 39.0. The quantitative estimate of drug-likeness (QED) is 0.0111. The number of fused-ring (bicyclic) bond motifs is 1. The standard InChI is InChI=1S/C20H20FN7O4.C11H12FN5O.C10H12N2O3.CH2O3.CH4.K/c1-4-32-18(30)20(2)12-13(22)23-15(24-14(12)25-17(20)29)16-26-28(19(31)27(16)3)9-10-7-5-6-8-11(10)21;1-16-10(9(13)14)15-17(11(16)18)6-7-4-2-3-5-8(7)12;1-5-15-9(14)10(3,7(2)13)8(6-11)12-4;2-1-4-3;;/h5-8H,4,9H2,1-3H3,(H3,22,23,24,25,29);2-5H,6H2,1H3,(H3,13,14);8H,5H2,1-3H3;1,3H;1H4;/q;;;;;+1/p-1. The van der Waals surface area contributed by atoms with Crippen LogP contribution in [0.25, 0.3) is 16.5 Å². The van der Waals surface area contributed by atoms with Crippen LogP contribution in [-0.4, -0.2) is 93.9 Å². The Morgan fingerprint density at radius 2 is 1.48 bits per heavy atom. The van der Waals surface area contributed by atoms with Crippen molar-refractivity contribution in [2.75, 3.05) is 24.3 Å². The number of amides is 1. The average Bonchev–Trinajstić information content (AvgIpc) is 3.87. The molecule has 0 radical (unpaired) electrons. The van der Waals surface area contributed by atoms with Crippen molar-refractivity contribution in [3.05, 3.63) is 115 Å². The van der Waals surface area contributed by atoms with Crippen LogP contribution < -0.4 is 84.8 Å². The fourth-order valence-corrected chi connectivity index (χ4v) is 6.18. The van der Waals surface area contributed by atoms with Gasteiger partial charge in [-0.3, -0.25) is 43.4 Å². The van der Waals surface area contributed by atoms with Gasteiger partial charge in [-0.1, -0.05) is 43.8 Å². The van der Waals surface area contributed by atoms with E-state index in [1.165, 1.54) is 51.6 Å². The molecule has 4 heterocycles. The minimum atomic E-state index is -1.70. The van der Waals surface area contributed by atoms with Gasteiger partial charge in [0.15, 0.2) is 28.9 Å². The van der Waals surface area contributed by atoms with Crippen molar-refractivity contribution < 1.29 is 104 Å². The number of nitrogens with zero attached hydrogens (tertiary/aromatic N) is 10. The number of ketones is 1. The largest absolute Gasteiger partial charge is 1.00 e. The molecule has 3 aromatic heterocycles. The molecule has 0 bridgehead atoms. The Labute approximate surface area is 446 Å². The molecule has 372 valence electrons. The van der Waals surface area contributed by atoms with Gasteiger partial charge in [-0.15, -0.1) is 10.2 Å². The molecule has 71 heavy (non-hydrogen) atoms. The van der Waals surface area contributed by atoms with Gasteiger partial charge in [-0.2, -0.15) is 5.26 Å². The molecule has 0 aliphatic carbocycles. The summed E-state index contributed by atoms with van der Waals surface area (Å²) in [7, 11) is 2.92. The minimum Gasteiger partial charge on any atom is -0.662 e. The van der Waals surface area contributed by atoms with Gasteiger partial charge in [0.1, 0.15) is 23.3 Å². The zero-order valence-corrected chi connectivity index (χ0v) is 42.1. The van der Waals surface area contributed by atoms with Gasteiger partial charge in [-0.25, -0.2) is 44.3 Å². The number of nitrogen functional groups attached to an aromatic ring is 2. The number of carbonyl (C=O) groups is 5. The summed E-state index contributed by atoms with van der Waals surface area (Å²) in [6.45, 7) is 13.7. The number of hydrogen-bond donors (Lipinski definition) is 4. The number of Topliss-reactive ketones (excluding diaryl/α,β-unsaturated/α-hetero) is 1. The van der Waals surface area contributed by atoms with E-state index in [0.29, 0.717) is 5.56 Å². The first-order valence-electron chi connectivity index (χ1n) is 20.0. The van der Waals surface area contributed by atoms with E-state index in [2.05, 4.69) is 35.2 Å². The van der Waals surface area contributed by atoms with E-state index >= 15 is 0 Å². The predicted octanol–water partition coefficient (Wildman–Crippen LogP) is -2.33. The maximum Gasteiger partial charge on any atom is 1.00 e. The molecule has 1 amide bonds. The molecular formula is C43H49F2KN14O11. The summed E-state index contributed by atoms with van der Waals surface area (Å²) in [5.41, 5.74) is 7.77. The summed E-state index contributed by atoms with van der Waals surface area (Å²) < 4.78 is 41.7. The number of ether oxygens (including phenoxy) is 2. The summed E-state index contributed by atoms with van der Waals surface area (Å²) in [5.74, 6) is -3.98. The number of esters is 2. The Balaban J connectivity index is 0.000000550. The van der Waals surface area contributed by atoms with Gasteiger partial charge in [0.25, 0.3) is 6.47 Å². The molecule has 3 atom stereocenters. The number of nitrogens with two attached hydrogens (primary N) is 2. The maximum atomic E-state index is 14.0. The van der Waals surface area contributed by atoms with E-state index < -0.39 is 63.5 Å². The van der Waals surface area contributed by atoms with Crippen molar-refractivity contribution in [2.45, 2.75) is 66.6 Å². The van der Waals surface area contributed by atoms with Gasteiger partial charge in [-0.05, 0) is 46.8 Å². The molecular weight excluding hydrogens is 966 g/mol. The summed E-state index contributed by atoms with van der Waals surface area (Å²) in [4.78, 5) is 95.0. The Bertz CT molecular complexity index is 2960. The van der Waals surface area contributed by atoms with Crippen LogP contribution >= 0.6 is 0 Å². The van der Waals surface area contributed by atoms with Crippen LogP contribution in [-0.2, 0) is 70.9 Å². The molecule has 6 rings (SSSR count). The number of nitrogens with one attached hydrogen (secondary N) is 2. The number of anilines is 2. The van der Waals surface area contributed by atoms with E-state index in [4.69, 9.17) is 48.2 Å². The molecule has 6 N–H and O–H groups in total. The number of benzene rings is 2. The second-order valence-electron chi connectivity index (χ2n) is 14.5. The first-order valence-corrected chi connectivity index (χ1v) is 20.0. The number of amidine groups is 1. The van der Waals surface area contributed by atoms with Crippen LogP contribution in [0.5, 0.6) is 0 Å². The van der Waals surface area contributed by atoms with Crippen molar-refractivity contribution in [3.63, 3.8) is 0 Å². The van der Waals surface area contributed by atoms with Crippen LogP contribution in [0.4, 0.5) is 20.4 Å². The fraction of sp³-hybridized carbons (Fsp3) is 0.349. The summed E-state index contributed by atoms with van der Waals surface area (Å²) in [5, 5.41) is 35.0. The van der Waals surface area contributed by atoms with E-state index in [1.54, 1.807) is 56.3 Å². The second-order valence-corrected chi connectivity index (χ2v) is 14.5. The number of halogens is 2. The van der Waals surface area contributed by atoms with Gasteiger partial charge in [0.05, 0.1) is 31.9 Å². The van der Waals surface area contributed by atoms with Gasteiger partial charge < -0.3 is 36.4 Å². The minimum absolute atomic E-state index is 0. The molecule has 25 nitrogen and oxygen atoms in total. The number of rotatable bonds is 13. The second kappa shape index (κ2) is 27.2. The predicted molar refractivity (Wildman–Crippen MR) is 240 cm³/mol. The van der Waals surface area contributed by atoms with Crippen LogP contribution in [0.1, 0.15) is 64.6 Å². The molecule has 0 saturated heterocycles. The monoisotopic (exact) mass is 1010 g/mol. The molecule has 0 saturated carbocycles. The Morgan fingerprint density at radius 1 is 0.986 bits per heavy atom. The van der Waals surface area contributed by atoms with Crippen molar-refractivity contribution in [3.8, 4) is 17.7 Å². The molecule has 2 aromatic carbocycles. The zero-order chi connectivity index (χ0) is 52.0. The van der Waals surface area contributed by atoms with Crippen LogP contribution in [0.15, 0.2) is 58.1 Å². The van der Waals surface area contributed by atoms with Crippen molar-refractivity contribution in [1.82, 2.24) is 38.7 Å². The third-order valence-corrected chi connectivity index (χ3v) is 10.2. The van der Waals surface area contributed by atoms with E-state index in [-0.39, 0.29) is 138 Å². The van der Waals surface area contributed by atoms with Crippen LogP contribution in [0.3, 0.4) is 0 Å². The van der Waals surface area contributed by atoms with Gasteiger partial charge >= 0.3 is 80.7 Å². The van der Waals surface area contributed by atoms with E-state index in [9.17, 15) is 37.5 Å². The topological polar surface area (TPSA) is 358 Å². The summed E-state index contributed by atoms with van der Waals surface area (Å²) in [6, 6.07) is 12.5. The Hall–Kier alpha value is -7.34. The first-order chi connectivity index (χ1) is 32.5. The average molecular weight is 1020 g/mol. The van der Waals surface area contributed by atoms with Gasteiger partial charge in [0, 0.05) is 25.2 Å². The third kappa shape index (κ3) is 13.7. The molecule has 1 aliphatic rings. The van der Waals surface area contributed by atoms with Crippen molar-refractivity contribution in [2.24, 2.45) is 25.2 Å². The summed E-state index contributed by atoms with van der Waals surface area (Å²) in [6.07, 6.45) is 0. The number of nitriles is 1. The molecule has 0 spiro atoms. The van der Waals surface area contributed by atoms with Crippen molar-refractivity contribution in [1.29, 1.82) is 10.7 Å². The SMILES string of the molecule is C.CCOC(=O)C1(C)C(=O)Nc2nc(-c3nn(Cc4ccccc4F)c(=O)n3C)nc(N)c21.Cn1c(C(=N)N)nn(Cc2ccccc2F)c1=O.O=CO[O-].[C-]#[N+]C(C#N)C(C)(C(C)=O)C(=O)OCC.[K+]. The summed E-state index contributed by atoms with van der Waals surface area (Å²) >= 11 is 0. The van der Waals surface area contributed by atoms with Crippen molar-refractivity contribution >= 4 is 47.6 Å². The fourth-order valence-electron chi connectivity index (χ4n) is 6.18. The van der Waals surface area contributed by atoms with Gasteiger partial charge in [0.2, 0.25) is 23.0 Å². The molecule has 1 aliphatic heterocycles. The third-order valence-electron chi connectivity index (χ3n) is 10.2. The smallest absolute Gasteiger partial charge is 0.662 e. The number of hydrogen-bond acceptors (Lipinski definition) is 18. The first kappa shape index (κ1) is 61.7. The normalized spacial score (nSPS) is 13.9. The van der Waals surface area contributed by atoms with Crippen LogP contribution in [0.2, 0.25) is 0 Å². The van der Waals surface area contributed by atoms with E-state index in [1.807, 2.05) is 0 Å². The maximum absolute atomic E-state index is 14.0. The molecule has 0 fully saturated rings. The molecule has 3 unspecified atom stereocenters. The molecule has 5 aromatic rings. The number of carbonyl (C=O) groups excluding carboxylic acids is 5. The number of aromatic nitrogens is 8. The Kier molecular flexibility index (Phi) is 23.6. The van der Waals surface area contributed by atoms with Crippen LogP contribution in [0, 0.1) is 40.4 Å². The Morgan fingerprint density at radius 3 is 1.90 bits per heavy atom. The molecule has 28 heteroatoms. The van der Waals surface area contributed by atoms with E-state index in [0.717, 1.165) is 13.9 Å².